The number of ketones is 1. The van der Waals surface area contributed by atoms with Crippen LogP contribution in [0.25, 0.3) is 6.08 Å². The highest BCUT2D eigenvalue weighted by atomic mass is 79.9. The Bertz CT molecular complexity index is 1080. The normalized spacial score (nSPS) is 10.6. The summed E-state index contributed by atoms with van der Waals surface area (Å²) in [5.74, 6) is 0.599. The van der Waals surface area contributed by atoms with E-state index in [0.29, 0.717) is 29.4 Å². The molecule has 6 heteroatoms. The van der Waals surface area contributed by atoms with Gasteiger partial charge in [0, 0.05) is 15.7 Å². The highest BCUT2D eigenvalue weighted by Gasteiger charge is 2.10. The highest BCUT2D eigenvalue weighted by molar-refractivity contribution is 9.10. The molecule has 0 spiro atoms. The second kappa shape index (κ2) is 11.1. The van der Waals surface area contributed by atoms with E-state index in [2.05, 4.69) is 21.2 Å². The minimum absolute atomic E-state index is 0.0998. The second-order valence-electron chi connectivity index (χ2n) is 6.55. The fourth-order valence-corrected chi connectivity index (χ4v) is 3.19. The number of carbonyl (C=O) groups is 2. The minimum atomic E-state index is -0.266. The van der Waals surface area contributed by atoms with Crippen LogP contribution in [0.15, 0.2) is 83.3 Å². The smallest absolute Gasteiger partial charge is 0.262 e. The molecule has 158 valence electrons. The van der Waals surface area contributed by atoms with Crippen LogP contribution in [0, 0.1) is 0 Å². The van der Waals surface area contributed by atoms with Crippen molar-refractivity contribution in [3.8, 4) is 11.5 Å². The molecule has 1 amide bonds. The molecule has 0 fully saturated rings. The van der Waals surface area contributed by atoms with Gasteiger partial charge in [0.1, 0.15) is 0 Å². The van der Waals surface area contributed by atoms with Gasteiger partial charge in [0.25, 0.3) is 5.91 Å². The summed E-state index contributed by atoms with van der Waals surface area (Å²) in [5.41, 5.74) is 2.09. The minimum Gasteiger partial charge on any atom is -0.490 e. The third-order valence-electron chi connectivity index (χ3n) is 4.22. The van der Waals surface area contributed by atoms with Crippen molar-refractivity contribution in [1.82, 2.24) is 0 Å². The summed E-state index contributed by atoms with van der Waals surface area (Å²) in [5, 5.41) is 2.77. The highest BCUT2D eigenvalue weighted by Crippen LogP contribution is 2.29. The number of allylic oxidation sites excluding steroid dienone is 1. The number of carbonyl (C=O) groups excluding carboxylic acids is 2. The molecule has 3 aromatic carbocycles. The third-order valence-corrected chi connectivity index (χ3v) is 4.71. The lowest BCUT2D eigenvalue weighted by molar-refractivity contribution is -0.118. The molecular formula is C25H22BrNO4. The number of rotatable bonds is 9. The van der Waals surface area contributed by atoms with Crippen LogP contribution >= 0.6 is 15.9 Å². The average Bonchev–Trinajstić information content (AvgIpc) is 2.77. The van der Waals surface area contributed by atoms with E-state index in [-0.39, 0.29) is 18.3 Å². The lowest BCUT2D eigenvalue weighted by atomic mass is 10.1. The van der Waals surface area contributed by atoms with Crippen LogP contribution in [0.2, 0.25) is 0 Å². The van der Waals surface area contributed by atoms with Crippen molar-refractivity contribution >= 4 is 39.4 Å². The molecular weight excluding hydrogens is 458 g/mol. The Balaban J connectivity index is 1.66. The monoisotopic (exact) mass is 479 g/mol. The maximum atomic E-state index is 12.4. The van der Waals surface area contributed by atoms with Gasteiger partial charge in [-0.15, -0.1) is 0 Å². The predicted molar refractivity (Wildman–Crippen MR) is 126 cm³/mol. The van der Waals surface area contributed by atoms with Crippen molar-refractivity contribution in [2.45, 2.75) is 6.92 Å². The van der Waals surface area contributed by atoms with Gasteiger partial charge in [-0.2, -0.15) is 0 Å². The third kappa shape index (κ3) is 6.83. The summed E-state index contributed by atoms with van der Waals surface area (Å²) in [6.45, 7) is 2.16. The van der Waals surface area contributed by atoms with E-state index in [1.807, 2.05) is 37.3 Å². The maximum Gasteiger partial charge on any atom is 0.262 e. The Kier molecular flexibility index (Phi) is 8.01. The standard InChI is InChI=1S/C25H22BrNO4/c1-2-30-24-15-18(11-13-22(28)19-7-6-8-20(26)16-19)12-14-23(24)31-17-25(29)27-21-9-4-3-5-10-21/h3-16H,2,17H2,1H3,(H,27,29)/b13-11+. The molecule has 3 aromatic rings. The van der Waals surface area contributed by atoms with Crippen LogP contribution in [0.4, 0.5) is 5.69 Å². The molecule has 0 aliphatic carbocycles. The first-order chi connectivity index (χ1) is 15.0. The molecule has 0 atom stereocenters. The topological polar surface area (TPSA) is 64.6 Å². The molecule has 0 heterocycles. The largest absolute Gasteiger partial charge is 0.490 e. The van der Waals surface area contributed by atoms with Crippen molar-refractivity contribution in [1.29, 1.82) is 0 Å². The molecule has 0 bridgehead atoms. The fraction of sp³-hybridized carbons (Fsp3) is 0.120. The molecule has 0 radical (unpaired) electrons. The Morgan fingerprint density at radius 2 is 1.74 bits per heavy atom. The van der Waals surface area contributed by atoms with E-state index in [4.69, 9.17) is 9.47 Å². The summed E-state index contributed by atoms with van der Waals surface area (Å²) in [6.07, 6.45) is 3.23. The van der Waals surface area contributed by atoms with E-state index in [0.717, 1.165) is 10.0 Å². The molecule has 0 aromatic heterocycles. The number of hydrogen-bond donors (Lipinski definition) is 1. The van der Waals surface area contributed by atoms with Gasteiger partial charge in [0.05, 0.1) is 6.61 Å². The van der Waals surface area contributed by atoms with Gasteiger partial charge in [0.15, 0.2) is 23.9 Å². The average molecular weight is 480 g/mol. The molecule has 0 unspecified atom stereocenters. The van der Waals surface area contributed by atoms with Crippen LogP contribution in [-0.4, -0.2) is 24.9 Å². The number of para-hydroxylation sites is 1. The lowest BCUT2D eigenvalue weighted by Gasteiger charge is -2.12. The van der Waals surface area contributed by atoms with Gasteiger partial charge >= 0.3 is 0 Å². The van der Waals surface area contributed by atoms with E-state index < -0.39 is 0 Å². The van der Waals surface area contributed by atoms with Gasteiger partial charge in [-0.1, -0.05) is 58.4 Å². The maximum absolute atomic E-state index is 12.4. The van der Waals surface area contributed by atoms with Crippen molar-refractivity contribution in [2.24, 2.45) is 0 Å². The number of nitrogens with one attached hydrogen (secondary N) is 1. The number of hydrogen-bond acceptors (Lipinski definition) is 4. The van der Waals surface area contributed by atoms with Crippen LogP contribution < -0.4 is 14.8 Å². The van der Waals surface area contributed by atoms with Gasteiger partial charge in [-0.25, -0.2) is 0 Å². The quantitative estimate of drug-likeness (QED) is 0.312. The first-order valence-electron chi connectivity index (χ1n) is 9.77. The predicted octanol–water partition coefficient (Wildman–Crippen LogP) is 5.76. The van der Waals surface area contributed by atoms with Gasteiger partial charge < -0.3 is 14.8 Å². The summed E-state index contributed by atoms with van der Waals surface area (Å²) in [6, 6.07) is 21.7. The van der Waals surface area contributed by atoms with Crippen molar-refractivity contribution in [3.63, 3.8) is 0 Å². The van der Waals surface area contributed by atoms with Crippen molar-refractivity contribution in [2.75, 3.05) is 18.5 Å². The molecule has 5 nitrogen and oxygen atoms in total. The number of benzene rings is 3. The molecule has 0 saturated heterocycles. The molecule has 0 saturated carbocycles. The Morgan fingerprint density at radius 1 is 0.935 bits per heavy atom. The summed E-state index contributed by atoms with van der Waals surface area (Å²) < 4.78 is 12.2. The molecule has 1 N–H and O–H groups in total. The van der Waals surface area contributed by atoms with Crippen LogP contribution in [0.3, 0.4) is 0 Å². The number of ether oxygens (including phenoxy) is 2. The Hall–Kier alpha value is -3.38. The van der Waals surface area contributed by atoms with Gasteiger partial charge in [-0.3, -0.25) is 9.59 Å². The van der Waals surface area contributed by atoms with E-state index in [9.17, 15) is 9.59 Å². The van der Waals surface area contributed by atoms with E-state index >= 15 is 0 Å². The van der Waals surface area contributed by atoms with Crippen molar-refractivity contribution < 1.29 is 19.1 Å². The van der Waals surface area contributed by atoms with Crippen LogP contribution in [-0.2, 0) is 4.79 Å². The molecule has 31 heavy (non-hydrogen) atoms. The SMILES string of the molecule is CCOc1cc(/C=C/C(=O)c2cccc(Br)c2)ccc1OCC(=O)Nc1ccccc1. The number of amides is 1. The number of anilines is 1. The first kappa shape index (κ1) is 22.3. The first-order valence-corrected chi connectivity index (χ1v) is 10.6. The van der Waals surface area contributed by atoms with Gasteiger partial charge in [0.2, 0.25) is 0 Å². The molecule has 0 aliphatic rings. The van der Waals surface area contributed by atoms with E-state index in [1.165, 1.54) is 6.08 Å². The van der Waals surface area contributed by atoms with Crippen LogP contribution in [0.5, 0.6) is 11.5 Å². The fourth-order valence-electron chi connectivity index (χ4n) is 2.79. The summed E-state index contributed by atoms with van der Waals surface area (Å²) in [7, 11) is 0. The zero-order valence-electron chi connectivity index (χ0n) is 17.0. The van der Waals surface area contributed by atoms with Crippen LogP contribution in [0.1, 0.15) is 22.8 Å². The van der Waals surface area contributed by atoms with E-state index in [1.54, 1.807) is 48.5 Å². The molecule has 0 aliphatic heterocycles. The Labute approximate surface area is 189 Å². The van der Waals surface area contributed by atoms with Gasteiger partial charge in [-0.05, 0) is 55.0 Å². The second-order valence-corrected chi connectivity index (χ2v) is 7.47. The Morgan fingerprint density at radius 3 is 2.48 bits per heavy atom. The zero-order chi connectivity index (χ0) is 22.1. The molecule has 3 rings (SSSR count). The number of halogens is 1. The summed E-state index contributed by atoms with van der Waals surface area (Å²) >= 11 is 3.37. The lowest BCUT2D eigenvalue weighted by Crippen LogP contribution is -2.20. The zero-order valence-corrected chi connectivity index (χ0v) is 18.6. The summed E-state index contributed by atoms with van der Waals surface area (Å²) in [4.78, 5) is 24.5. The van der Waals surface area contributed by atoms with Crippen molar-refractivity contribution in [3.05, 3.63) is 94.5 Å².